The molecular formula is C22H29N3O3. The molecule has 1 N–H and O–H groups in total. The number of nitrogens with zero attached hydrogens (tertiary/aromatic N) is 2. The highest BCUT2D eigenvalue weighted by atomic mass is 16.5. The van der Waals surface area contributed by atoms with Crippen LogP contribution in [0.5, 0.6) is 11.5 Å². The van der Waals surface area contributed by atoms with Crippen molar-refractivity contribution in [3.05, 3.63) is 54.1 Å². The van der Waals surface area contributed by atoms with Gasteiger partial charge in [-0.05, 0) is 55.4 Å². The molecule has 2 aromatic rings. The third kappa shape index (κ3) is 5.39. The molecule has 1 fully saturated rings. The SMILES string of the molecule is COc1ccc(N2CCN(CCCNC(=O)c3cccc(OC)c3)CC2)cc1. The number of carbonyl (C=O) groups is 1. The van der Waals surface area contributed by atoms with E-state index in [0.29, 0.717) is 17.9 Å². The van der Waals surface area contributed by atoms with Crippen molar-refractivity contribution in [2.45, 2.75) is 6.42 Å². The molecule has 0 unspecified atom stereocenters. The van der Waals surface area contributed by atoms with Crippen LogP contribution in [0.4, 0.5) is 5.69 Å². The number of carbonyl (C=O) groups excluding carboxylic acids is 1. The number of methoxy groups -OCH3 is 2. The Morgan fingerprint density at radius 3 is 2.36 bits per heavy atom. The first-order chi connectivity index (χ1) is 13.7. The number of nitrogens with one attached hydrogen (secondary N) is 1. The predicted octanol–water partition coefficient (Wildman–Crippen LogP) is 2.65. The van der Waals surface area contributed by atoms with E-state index in [1.807, 2.05) is 24.3 Å². The number of hydrogen-bond acceptors (Lipinski definition) is 5. The summed E-state index contributed by atoms with van der Waals surface area (Å²) in [5.74, 6) is 1.53. The molecule has 150 valence electrons. The lowest BCUT2D eigenvalue weighted by atomic mass is 10.2. The molecule has 1 saturated heterocycles. The lowest BCUT2D eigenvalue weighted by molar-refractivity contribution is 0.0951. The molecule has 0 aliphatic carbocycles. The summed E-state index contributed by atoms with van der Waals surface area (Å²) in [4.78, 5) is 17.1. The standard InChI is InChI=1S/C22H29N3O3/c1-27-20-9-7-19(8-10-20)25-15-13-24(14-16-25)12-4-11-23-22(26)18-5-3-6-21(17-18)28-2/h3,5-10,17H,4,11-16H2,1-2H3,(H,23,26). The Morgan fingerprint density at radius 1 is 0.964 bits per heavy atom. The van der Waals surface area contributed by atoms with E-state index in [2.05, 4.69) is 27.2 Å². The molecule has 6 heteroatoms. The molecular weight excluding hydrogens is 354 g/mol. The van der Waals surface area contributed by atoms with Crippen LogP contribution < -0.4 is 19.7 Å². The lowest BCUT2D eigenvalue weighted by Gasteiger charge is -2.36. The van der Waals surface area contributed by atoms with E-state index >= 15 is 0 Å². The summed E-state index contributed by atoms with van der Waals surface area (Å²) in [6, 6.07) is 15.5. The van der Waals surface area contributed by atoms with Crippen LogP contribution in [0, 0.1) is 0 Å². The van der Waals surface area contributed by atoms with Gasteiger partial charge in [0.15, 0.2) is 0 Å². The zero-order valence-electron chi connectivity index (χ0n) is 16.7. The predicted molar refractivity (Wildman–Crippen MR) is 112 cm³/mol. The average Bonchev–Trinajstić information content (AvgIpc) is 2.77. The molecule has 0 radical (unpaired) electrons. The van der Waals surface area contributed by atoms with E-state index in [1.54, 1.807) is 26.4 Å². The fourth-order valence-electron chi connectivity index (χ4n) is 3.39. The fraction of sp³-hybridized carbons (Fsp3) is 0.409. The summed E-state index contributed by atoms with van der Waals surface area (Å²) in [5, 5.41) is 2.99. The molecule has 2 aromatic carbocycles. The number of rotatable bonds is 8. The first kappa shape index (κ1) is 20.0. The fourth-order valence-corrected chi connectivity index (χ4v) is 3.39. The van der Waals surface area contributed by atoms with Gasteiger partial charge in [-0.1, -0.05) is 6.07 Å². The summed E-state index contributed by atoms with van der Waals surface area (Å²) in [6.07, 6.45) is 0.943. The Bertz CT molecular complexity index is 756. The van der Waals surface area contributed by atoms with Gasteiger partial charge in [0.1, 0.15) is 11.5 Å². The van der Waals surface area contributed by atoms with Gasteiger partial charge >= 0.3 is 0 Å². The lowest BCUT2D eigenvalue weighted by Crippen LogP contribution is -2.47. The van der Waals surface area contributed by atoms with E-state index in [4.69, 9.17) is 9.47 Å². The van der Waals surface area contributed by atoms with Gasteiger partial charge in [0.25, 0.3) is 5.91 Å². The van der Waals surface area contributed by atoms with Crippen LogP contribution in [0.2, 0.25) is 0 Å². The molecule has 0 saturated carbocycles. The number of hydrogen-bond donors (Lipinski definition) is 1. The highest BCUT2D eigenvalue weighted by Gasteiger charge is 2.17. The van der Waals surface area contributed by atoms with Gasteiger partial charge in [0.05, 0.1) is 14.2 Å². The minimum Gasteiger partial charge on any atom is -0.497 e. The van der Waals surface area contributed by atoms with E-state index in [-0.39, 0.29) is 5.91 Å². The Kier molecular flexibility index (Phi) is 7.14. The third-order valence-corrected chi connectivity index (χ3v) is 5.08. The van der Waals surface area contributed by atoms with Crippen LogP contribution in [0.15, 0.2) is 48.5 Å². The second-order valence-electron chi connectivity index (χ2n) is 6.87. The van der Waals surface area contributed by atoms with Gasteiger partial charge in [-0.3, -0.25) is 9.69 Å². The minimum absolute atomic E-state index is 0.0526. The number of anilines is 1. The summed E-state index contributed by atoms with van der Waals surface area (Å²) in [6.45, 7) is 5.78. The minimum atomic E-state index is -0.0526. The van der Waals surface area contributed by atoms with Gasteiger partial charge in [-0.25, -0.2) is 0 Å². The molecule has 0 atom stereocenters. The Labute approximate surface area is 167 Å². The van der Waals surface area contributed by atoms with E-state index in [9.17, 15) is 4.79 Å². The van der Waals surface area contributed by atoms with Crippen molar-refractivity contribution in [2.75, 3.05) is 58.4 Å². The number of amides is 1. The molecule has 3 rings (SSSR count). The van der Waals surface area contributed by atoms with Crippen molar-refractivity contribution >= 4 is 11.6 Å². The molecule has 28 heavy (non-hydrogen) atoms. The highest BCUT2D eigenvalue weighted by molar-refractivity contribution is 5.94. The first-order valence-corrected chi connectivity index (χ1v) is 9.73. The number of benzene rings is 2. The topological polar surface area (TPSA) is 54.0 Å². The average molecular weight is 383 g/mol. The maximum atomic E-state index is 12.2. The van der Waals surface area contributed by atoms with Gasteiger partial charge in [0, 0.05) is 44.0 Å². The van der Waals surface area contributed by atoms with Crippen LogP contribution in [-0.4, -0.2) is 64.3 Å². The first-order valence-electron chi connectivity index (χ1n) is 9.73. The zero-order chi connectivity index (χ0) is 19.8. The monoisotopic (exact) mass is 383 g/mol. The van der Waals surface area contributed by atoms with E-state index in [1.165, 1.54) is 5.69 Å². The maximum Gasteiger partial charge on any atom is 0.251 e. The van der Waals surface area contributed by atoms with Crippen molar-refractivity contribution in [2.24, 2.45) is 0 Å². The second-order valence-corrected chi connectivity index (χ2v) is 6.87. The highest BCUT2D eigenvalue weighted by Crippen LogP contribution is 2.20. The molecule has 1 amide bonds. The molecule has 1 heterocycles. The van der Waals surface area contributed by atoms with Crippen LogP contribution in [-0.2, 0) is 0 Å². The second kappa shape index (κ2) is 9.99. The van der Waals surface area contributed by atoms with Crippen molar-refractivity contribution in [3.8, 4) is 11.5 Å². The Morgan fingerprint density at radius 2 is 1.68 bits per heavy atom. The summed E-state index contributed by atoms with van der Waals surface area (Å²) in [5.41, 5.74) is 1.87. The van der Waals surface area contributed by atoms with Crippen LogP contribution in [0.25, 0.3) is 0 Å². The molecule has 0 aromatic heterocycles. The van der Waals surface area contributed by atoms with Crippen LogP contribution in [0.3, 0.4) is 0 Å². The summed E-state index contributed by atoms with van der Waals surface area (Å²) in [7, 11) is 3.29. The van der Waals surface area contributed by atoms with Crippen molar-refractivity contribution in [3.63, 3.8) is 0 Å². The van der Waals surface area contributed by atoms with E-state index in [0.717, 1.165) is 44.9 Å². The van der Waals surface area contributed by atoms with Crippen LogP contribution >= 0.6 is 0 Å². The van der Waals surface area contributed by atoms with Gasteiger partial charge in [-0.2, -0.15) is 0 Å². The van der Waals surface area contributed by atoms with Crippen molar-refractivity contribution in [1.82, 2.24) is 10.2 Å². The van der Waals surface area contributed by atoms with Crippen molar-refractivity contribution < 1.29 is 14.3 Å². The molecule has 1 aliphatic rings. The normalized spacial score (nSPS) is 14.6. The van der Waals surface area contributed by atoms with E-state index < -0.39 is 0 Å². The largest absolute Gasteiger partial charge is 0.497 e. The quantitative estimate of drug-likeness (QED) is 0.711. The van der Waals surface area contributed by atoms with Gasteiger partial charge in [-0.15, -0.1) is 0 Å². The zero-order valence-corrected chi connectivity index (χ0v) is 16.7. The number of ether oxygens (including phenoxy) is 2. The van der Waals surface area contributed by atoms with Gasteiger partial charge in [0.2, 0.25) is 0 Å². The maximum absolute atomic E-state index is 12.2. The Balaban J connectivity index is 1.35. The number of piperazine rings is 1. The molecule has 0 bridgehead atoms. The summed E-state index contributed by atoms with van der Waals surface area (Å²) < 4.78 is 10.4. The summed E-state index contributed by atoms with van der Waals surface area (Å²) >= 11 is 0. The molecule has 1 aliphatic heterocycles. The molecule has 6 nitrogen and oxygen atoms in total. The van der Waals surface area contributed by atoms with Crippen LogP contribution in [0.1, 0.15) is 16.8 Å². The van der Waals surface area contributed by atoms with Gasteiger partial charge < -0.3 is 19.7 Å². The molecule has 0 spiro atoms. The third-order valence-electron chi connectivity index (χ3n) is 5.08. The van der Waals surface area contributed by atoms with Crippen molar-refractivity contribution in [1.29, 1.82) is 0 Å². The smallest absolute Gasteiger partial charge is 0.251 e. The Hall–Kier alpha value is -2.73.